The van der Waals surface area contributed by atoms with Crippen molar-refractivity contribution < 1.29 is 17.6 Å². The fraction of sp³-hybridized carbons (Fsp3) is 0.500. The Balaban J connectivity index is 2.42. The van der Waals surface area contributed by atoms with E-state index in [0.717, 1.165) is 0 Å². The van der Waals surface area contributed by atoms with E-state index in [9.17, 15) is 17.6 Å². The minimum atomic E-state index is -1.73. The minimum absolute atomic E-state index is 0.0254. The van der Waals surface area contributed by atoms with Crippen molar-refractivity contribution in [3.63, 3.8) is 0 Å². The van der Waals surface area contributed by atoms with Gasteiger partial charge in [0.05, 0.1) is 0 Å². The lowest BCUT2D eigenvalue weighted by Gasteiger charge is -2.10. The van der Waals surface area contributed by atoms with Crippen LogP contribution in [-0.2, 0) is 0 Å². The average molecular weight is 247 g/mol. The molecule has 2 atom stereocenters. The van der Waals surface area contributed by atoms with Crippen LogP contribution in [0.5, 0.6) is 0 Å². The van der Waals surface area contributed by atoms with E-state index in [4.69, 9.17) is 0 Å². The third-order valence-corrected chi connectivity index (χ3v) is 3.18. The first kappa shape index (κ1) is 12.4. The maximum atomic E-state index is 13.6. The van der Waals surface area contributed by atoms with Gasteiger partial charge < -0.3 is 5.32 Å². The molecule has 0 spiro atoms. The summed E-state index contributed by atoms with van der Waals surface area (Å²) in [5.74, 6) is -6.26. The van der Waals surface area contributed by atoms with Gasteiger partial charge in [0.25, 0.3) is 0 Å². The van der Waals surface area contributed by atoms with Gasteiger partial charge in [0.1, 0.15) is 0 Å². The molecule has 0 amide bonds. The molecule has 1 N–H and O–H groups in total. The van der Waals surface area contributed by atoms with Gasteiger partial charge in [0.15, 0.2) is 23.3 Å². The minimum Gasteiger partial charge on any atom is -0.314 e. The number of benzene rings is 1. The lowest BCUT2D eigenvalue weighted by Crippen LogP contribution is -2.17. The van der Waals surface area contributed by atoms with E-state index in [1.165, 1.54) is 6.92 Å². The lowest BCUT2D eigenvalue weighted by atomic mass is 10.0. The summed E-state index contributed by atoms with van der Waals surface area (Å²) < 4.78 is 53.0. The van der Waals surface area contributed by atoms with Gasteiger partial charge in [0.2, 0.25) is 0 Å². The largest absolute Gasteiger partial charge is 0.314 e. The van der Waals surface area contributed by atoms with Crippen LogP contribution >= 0.6 is 0 Å². The van der Waals surface area contributed by atoms with Crippen LogP contribution in [0.4, 0.5) is 17.6 Å². The van der Waals surface area contributed by atoms with Crippen LogP contribution in [0.2, 0.25) is 0 Å². The maximum absolute atomic E-state index is 13.6. The number of halogens is 4. The first-order valence-electron chi connectivity index (χ1n) is 5.54. The molecular formula is C12H13F4N. The zero-order valence-electron chi connectivity index (χ0n) is 9.58. The Morgan fingerprint density at radius 2 is 1.65 bits per heavy atom. The topological polar surface area (TPSA) is 12.0 Å². The predicted octanol–water partition coefficient (Wildman–Crippen LogP) is 3.02. The Morgan fingerprint density at radius 1 is 1.06 bits per heavy atom. The molecule has 0 saturated heterocycles. The maximum Gasteiger partial charge on any atom is 0.197 e. The van der Waals surface area contributed by atoms with Gasteiger partial charge in [-0.3, -0.25) is 0 Å². The molecule has 1 nitrogen and oxygen atoms in total. The summed E-state index contributed by atoms with van der Waals surface area (Å²) in [7, 11) is 0. The molecule has 1 aliphatic carbocycles. The fourth-order valence-electron chi connectivity index (χ4n) is 2.20. The zero-order valence-corrected chi connectivity index (χ0v) is 9.58. The van der Waals surface area contributed by atoms with Crippen LogP contribution in [0.3, 0.4) is 0 Å². The van der Waals surface area contributed by atoms with Gasteiger partial charge in [-0.25, -0.2) is 17.6 Å². The molecule has 0 aliphatic heterocycles. The van der Waals surface area contributed by atoms with Crippen molar-refractivity contribution in [2.24, 2.45) is 0 Å². The van der Waals surface area contributed by atoms with Crippen LogP contribution in [-0.4, -0.2) is 12.6 Å². The van der Waals surface area contributed by atoms with Crippen molar-refractivity contribution in [3.8, 4) is 0 Å². The van der Waals surface area contributed by atoms with E-state index in [1.54, 1.807) is 0 Å². The summed E-state index contributed by atoms with van der Waals surface area (Å²) >= 11 is 0. The van der Waals surface area contributed by atoms with Crippen molar-refractivity contribution in [1.29, 1.82) is 0 Å². The molecule has 1 aliphatic rings. The van der Waals surface area contributed by atoms with E-state index in [0.29, 0.717) is 13.0 Å². The molecule has 1 saturated carbocycles. The summed E-state index contributed by atoms with van der Waals surface area (Å²) in [5.41, 5.74) is -0.167. The highest BCUT2D eigenvalue weighted by molar-refractivity contribution is 5.38. The molecule has 17 heavy (non-hydrogen) atoms. The van der Waals surface area contributed by atoms with E-state index in [1.807, 2.05) is 6.92 Å². The fourth-order valence-corrected chi connectivity index (χ4v) is 2.20. The van der Waals surface area contributed by atoms with Gasteiger partial charge in [-0.05, 0) is 25.5 Å². The van der Waals surface area contributed by atoms with Crippen LogP contribution in [0.1, 0.15) is 30.4 Å². The van der Waals surface area contributed by atoms with Crippen molar-refractivity contribution in [2.45, 2.75) is 32.2 Å². The standard InChI is InChI=1S/C12H13F4N/c1-3-17-7-4-6(7)8-5(2)9(13)11(15)12(16)10(8)14/h6-7,17H,3-4H2,1-2H3. The summed E-state index contributed by atoms with van der Waals surface area (Å²) in [6, 6.07) is 0.0254. The average Bonchev–Trinajstić information content (AvgIpc) is 3.04. The molecule has 5 heteroatoms. The first-order valence-corrected chi connectivity index (χ1v) is 5.54. The monoisotopic (exact) mass is 247 g/mol. The van der Waals surface area contributed by atoms with Gasteiger partial charge in [-0.1, -0.05) is 6.92 Å². The normalized spacial score (nSPS) is 22.9. The van der Waals surface area contributed by atoms with Gasteiger partial charge >= 0.3 is 0 Å². The molecule has 0 radical (unpaired) electrons. The SMILES string of the molecule is CCNC1CC1c1c(C)c(F)c(F)c(F)c1F. The molecule has 2 rings (SSSR count). The van der Waals surface area contributed by atoms with Crippen molar-refractivity contribution in [2.75, 3.05) is 6.54 Å². The van der Waals surface area contributed by atoms with Gasteiger partial charge in [-0.15, -0.1) is 0 Å². The molecule has 1 aromatic carbocycles. The quantitative estimate of drug-likeness (QED) is 0.492. The Morgan fingerprint density at radius 3 is 2.24 bits per heavy atom. The Hall–Kier alpha value is -1.10. The van der Waals surface area contributed by atoms with Gasteiger partial charge in [0, 0.05) is 17.5 Å². The molecule has 1 aromatic rings. The van der Waals surface area contributed by atoms with Crippen molar-refractivity contribution in [3.05, 3.63) is 34.4 Å². The molecule has 0 aromatic heterocycles. The van der Waals surface area contributed by atoms with Crippen LogP contribution in [0, 0.1) is 30.2 Å². The third kappa shape index (κ3) is 1.92. The highest BCUT2D eigenvalue weighted by Gasteiger charge is 2.42. The van der Waals surface area contributed by atoms with Crippen LogP contribution in [0.25, 0.3) is 0 Å². The molecular weight excluding hydrogens is 234 g/mol. The molecule has 0 bridgehead atoms. The van der Waals surface area contributed by atoms with E-state index >= 15 is 0 Å². The van der Waals surface area contributed by atoms with E-state index < -0.39 is 23.3 Å². The Kier molecular flexibility index (Phi) is 3.12. The first-order chi connectivity index (χ1) is 7.99. The number of likely N-dealkylation sites (N-methyl/N-ethyl adjacent to an activating group) is 1. The van der Waals surface area contributed by atoms with Gasteiger partial charge in [-0.2, -0.15) is 0 Å². The van der Waals surface area contributed by atoms with Crippen molar-refractivity contribution >= 4 is 0 Å². The highest BCUT2D eigenvalue weighted by Crippen LogP contribution is 2.44. The number of rotatable bonds is 3. The summed E-state index contributed by atoms with van der Waals surface area (Å²) in [6.07, 6.45) is 0.621. The molecule has 94 valence electrons. The highest BCUT2D eigenvalue weighted by atomic mass is 19.2. The summed E-state index contributed by atoms with van der Waals surface area (Å²) in [4.78, 5) is 0. The Bertz CT molecular complexity index is 429. The summed E-state index contributed by atoms with van der Waals surface area (Å²) in [5, 5.41) is 3.07. The lowest BCUT2D eigenvalue weighted by molar-refractivity contribution is 0.400. The third-order valence-electron chi connectivity index (χ3n) is 3.18. The second-order valence-electron chi connectivity index (χ2n) is 4.30. The molecule has 0 heterocycles. The Labute approximate surface area is 96.8 Å². The number of nitrogens with one attached hydrogen (secondary N) is 1. The second-order valence-corrected chi connectivity index (χ2v) is 4.30. The van der Waals surface area contributed by atoms with Crippen LogP contribution < -0.4 is 5.32 Å². The van der Waals surface area contributed by atoms with Crippen molar-refractivity contribution in [1.82, 2.24) is 5.32 Å². The smallest absolute Gasteiger partial charge is 0.197 e. The second kappa shape index (κ2) is 4.29. The number of hydrogen-bond donors (Lipinski definition) is 1. The predicted molar refractivity (Wildman–Crippen MR) is 55.8 cm³/mol. The molecule has 1 fully saturated rings. The summed E-state index contributed by atoms with van der Waals surface area (Å²) in [6.45, 7) is 3.87. The van der Waals surface area contributed by atoms with E-state index in [2.05, 4.69) is 5.32 Å². The zero-order chi connectivity index (χ0) is 12.7. The molecule has 2 unspecified atom stereocenters. The number of hydrogen-bond acceptors (Lipinski definition) is 1. The van der Waals surface area contributed by atoms with Crippen LogP contribution in [0.15, 0.2) is 0 Å². The van der Waals surface area contributed by atoms with E-state index in [-0.39, 0.29) is 23.1 Å².